The van der Waals surface area contributed by atoms with Gasteiger partial charge in [0, 0.05) is 16.9 Å². The van der Waals surface area contributed by atoms with Gasteiger partial charge in [-0.3, -0.25) is 9.97 Å². The number of halogens is 4. The van der Waals surface area contributed by atoms with Crippen molar-refractivity contribution in [3.63, 3.8) is 0 Å². The van der Waals surface area contributed by atoms with Crippen LogP contribution in [-0.2, 0) is 19.5 Å². The monoisotopic (exact) mass is 770 g/mol. The molecule has 3 heterocycles. The van der Waals surface area contributed by atoms with Crippen LogP contribution in [0.5, 0.6) is 5.75 Å². The van der Waals surface area contributed by atoms with Crippen molar-refractivity contribution in [3.8, 4) is 50.8 Å². The van der Waals surface area contributed by atoms with Crippen LogP contribution in [0, 0.1) is 0 Å². The molecule has 3 aromatic heterocycles. The Labute approximate surface area is 288 Å². The number of benzene rings is 2. The predicted molar refractivity (Wildman–Crippen MR) is 159 cm³/mol. The van der Waals surface area contributed by atoms with Gasteiger partial charge in [0.05, 0.1) is 29.4 Å². The van der Waals surface area contributed by atoms with E-state index in [9.17, 15) is 0 Å². The van der Waals surface area contributed by atoms with Crippen molar-refractivity contribution in [1.82, 2.24) is 15.0 Å². The number of aromatic nitrogens is 3. The first kappa shape index (κ1) is 37.7. The fraction of sp³-hybridized carbons (Fsp3) is 0.182. The topological polar surface area (TPSA) is 47.9 Å². The van der Waals surface area contributed by atoms with Gasteiger partial charge in [-0.25, -0.2) is 4.98 Å². The van der Waals surface area contributed by atoms with Gasteiger partial charge in [-0.2, -0.15) is 0 Å². The summed E-state index contributed by atoms with van der Waals surface area (Å²) in [6, 6.07) is 30.8. The van der Waals surface area contributed by atoms with E-state index in [1.807, 2.05) is 42.5 Å². The van der Waals surface area contributed by atoms with Gasteiger partial charge < -0.3 is 42.0 Å². The van der Waals surface area contributed by atoms with Gasteiger partial charge in [-0.05, 0) is 83.3 Å². The van der Waals surface area contributed by atoms with Crippen molar-refractivity contribution in [2.75, 3.05) is 6.61 Å². The van der Waals surface area contributed by atoms with E-state index in [0.717, 1.165) is 68.3 Å². The molecule has 5 rings (SSSR count). The van der Waals surface area contributed by atoms with Crippen LogP contribution in [0.25, 0.3) is 45.0 Å². The van der Waals surface area contributed by atoms with Crippen LogP contribution in [-0.4, -0.2) is 21.6 Å². The summed E-state index contributed by atoms with van der Waals surface area (Å²) in [5, 5.41) is 0. The zero-order chi connectivity index (χ0) is 26.2. The Kier molecular flexibility index (Phi) is 17.1. The fourth-order valence-electron chi connectivity index (χ4n) is 4.37. The molecule has 0 unspecified atom stereocenters. The Hall–Kier alpha value is -2.34. The van der Waals surface area contributed by atoms with Gasteiger partial charge in [-0.1, -0.05) is 78.5 Å². The molecular formula is C33H30BrCl3N3ORu. The average Bonchev–Trinajstić information content (AvgIpc) is 2.97. The standard InChI is InChI=1S/C33H30BrN3O.3ClH.Ru/c1-2-3-4-9-18-38-29-20-26(19-28(34)23-29)24-12-14-25(15-13-24)27-21-32(30-10-5-7-16-35-30)37-33(22-27)31-11-6-8-17-36-31;;;;/h5-8,10-17,19-23H,2-4,9,18H2,1H3;3*1H;/q;;;;+3/p-3. The summed E-state index contributed by atoms with van der Waals surface area (Å²) in [6.45, 7) is 2.97. The maximum absolute atomic E-state index is 6.05. The Morgan fingerprint density at radius 2 is 1.14 bits per heavy atom. The number of pyridine rings is 3. The predicted octanol–water partition coefficient (Wildman–Crippen LogP) is 0.271. The molecule has 0 atom stereocenters. The van der Waals surface area contributed by atoms with E-state index < -0.39 is 0 Å². The van der Waals surface area contributed by atoms with Crippen LogP contribution >= 0.6 is 15.9 Å². The molecule has 2 aromatic carbocycles. The molecule has 0 spiro atoms. The normalized spacial score (nSPS) is 9.86. The van der Waals surface area contributed by atoms with Crippen molar-refractivity contribution >= 4 is 15.9 Å². The summed E-state index contributed by atoms with van der Waals surface area (Å²) in [5.74, 6) is 0.893. The third-order valence-electron chi connectivity index (χ3n) is 6.37. The van der Waals surface area contributed by atoms with Crippen LogP contribution in [0.3, 0.4) is 0 Å². The largest absolute Gasteiger partial charge is 3.00 e. The molecule has 4 nitrogen and oxygen atoms in total. The average molecular weight is 772 g/mol. The van der Waals surface area contributed by atoms with E-state index in [-0.39, 0.29) is 56.7 Å². The van der Waals surface area contributed by atoms with Gasteiger partial charge in [0.25, 0.3) is 0 Å². The molecule has 0 amide bonds. The van der Waals surface area contributed by atoms with Gasteiger partial charge in [0.15, 0.2) is 0 Å². The van der Waals surface area contributed by atoms with Gasteiger partial charge in [-0.15, -0.1) is 0 Å². The van der Waals surface area contributed by atoms with Crippen molar-refractivity contribution in [3.05, 3.63) is 108 Å². The summed E-state index contributed by atoms with van der Waals surface area (Å²) in [7, 11) is 0. The van der Waals surface area contributed by atoms with Gasteiger partial charge in [0.2, 0.25) is 0 Å². The molecule has 0 bridgehead atoms. The Morgan fingerprint density at radius 1 is 0.595 bits per heavy atom. The van der Waals surface area contributed by atoms with Crippen LogP contribution in [0.4, 0.5) is 0 Å². The fourth-order valence-corrected chi connectivity index (χ4v) is 4.85. The number of nitrogens with zero attached hydrogens (tertiary/aromatic N) is 3. The zero-order valence-electron chi connectivity index (χ0n) is 23.0. The summed E-state index contributed by atoms with van der Waals surface area (Å²) < 4.78 is 7.06. The molecule has 42 heavy (non-hydrogen) atoms. The van der Waals surface area contributed by atoms with Crippen LogP contribution in [0.15, 0.2) is 108 Å². The molecule has 0 saturated carbocycles. The summed E-state index contributed by atoms with van der Waals surface area (Å²) in [4.78, 5) is 13.9. The van der Waals surface area contributed by atoms with Crippen molar-refractivity contribution in [2.24, 2.45) is 0 Å². The Bertz CT molecular complexity index is 1440. The summed E-state index contributed by atoms with van der Waals surface area (Å²) >= 11 is 3.66. The molecule has 1 radical (unpaired) electrons. The van der Waals surface area contributed by atoms with E-state index in [1.54, 1.807) is 12.4 Å². The van der Waals surface area contributed by atoms with Gasteiger partial charge >= 0.3 is 19.5 Å². The minimum atomic E-state index is 0. The smallest absolute Gasteiger partial charge is 1.00 e. The molecule has 9 heteroatoms. The number of hydrogen-bond acceptors (Lipinski definition) is 4. The quantitative estimate of drug-likeness (QED) is 0.151. The second-order valence-corrected chi connectivity index (χ2v) is 10.1. The molecule has 0 aliphatic rings. The van der Waals surface area contributed by atoms with Crippen LogP contribution < -0.4 is 42.0 Å². The number of rotatable bonds is 10. The third-order valence-corrected chi connectivity index (χ3v) is 6.83. The molecular weight excluding hydrogens is 742 g/mol. The number of hydrogen-bond donors (Lipinski definition) is 0. The number of ether oxygens (including phenoxy) is 1. The third kappa shape index (κ3) is 10.1. The molecule has 0 aliphatic heterocycles. The van der Waals surface area contributed by atoms with E-state index in [2.05, 4.69) is 81.4 Å². The maximum atomic E-state index is 6.05. The zero-order valence-corrected chi connectivity index (χ0v) is 28.6. The molecule has 0 fully saturated rings. The molecule has 0 saturated heterocycles. The molecule has 5 aromatic rings. The van der Waals surface area contributed by atoms with Crippen molar-refractivity contribution in [2.45, 2.75) is 32.6 Å². The van der Waals surface area contributed by atoms with Crippen LogP contribution in [0.1, 0.15) is 32.6 Å². The first-order chi connectivity index (χ1) is 18.7. The Balaban J connectivity index is 0.00000220. The van der Waals surface area contributed by atoms with Crippen molar-refractivity contribution in [1.29, 1.82) is 0 Å². The van der Waals surface area contributed by atoms with E-state index in [0.29, 0.717) is 0 Å². The minimum Gasteiger partial charge on any atom is -1.00 e. The SMILES string of the molecule is CCCCCCOc1cc(Br)cc(-c2ccc(-c3cc(-c4ccccn4)nc(-c4ccccn4)c3)cc2)c1.[Cl-].[Cl-].[Cl-].[Ru+3]. The van der Waals surface area contributed by atoms with E-state index in [4.69, 9.17) is 9.72 Å². The van der Waals surface area contributed by atoms with E-state index in [1.165, 1.54) is 19.3 Å². The second-order valence-electron chi connectivity index (χ2n) is 9.22. The van der Waals surface area contributed by atoms with Crippen molar-refractivity contribution < 1.29 is 61.4 Å². The second kappa shape index (κ2) is 19.0. The molecule has 219 valence electrons. The first-order valence-electron chi connectivity index (χ1n) is 13.1. The molecule has 0 N–H and O–H groups in total. The summed E-state index contributed by atoms with van der Waals surface area (Å²) in [5.41, 5.74) is 7.73. The van der Waals surface area contributed by atoms with Gasteiger partial charge in [0.1, 0.15) is 5.75 Å². The number of unbranched alkanes of at least 4 members (excludes halogenated alkanes) is 3. The summed E-state index contributed by atoms with van der Waals surface area (Å²) in [6.07, 6.45) is 8.35. The first-order valence-corrected chi connectivity index (χ1v) is 13.9. The van der Waals surface area contributed by atoms with Crippen LogP contribution in [0.2, 0.25) is 0 Å². The molecule has 0 aliphatic carbocycles. The van der Waals surface area contributed by atoms with E-state index >= 15 is 0 Å². The Morgan fingerprint density at radius 3 is 1.64 bits per heavy atom. The maximum Gasteiger partial charge on any atom is 3.00 e. The minimum absolute atomic E-state index is 0.